The van der Waals surface area contributed by atoms with Gasteiger partial charge in [0.2, 0.25) is 5.91 Å². The zero-order valence-corrected chi connectivity index (χ0v) is 12.5. The molecule has 0 saturated heterocycles. The number of rotatable bonds is 8. The maximum absolute atomic E-state index is 11.2. The van der Waals surface area contributed by atoms with Crippen LogP contribution in [0.15, 0.2) is 48.6 Å². The van der Waals surface area contributed by atoms with Gasteiger partial charge in [0.05, 0.1) is 6.04 Å². The molecule has 0 heterocycles. The van der Waals surface area contributed by atoms with Crippen molar-refractivity contribution in [3.8, 4) is 0 Å². The van der Waals surface area contributed by atoms with Crippen LogP contribution in [0.5, 0.6) is 0 Å². The van der Waals surface area contributed by atoms with Crippen molar-refractivity contribution in [2.75, 3.05) is 0 Å². The van der Waals surface area contributed by atoms with E-state index >= 15 is 0 Å². The number of hydrogen-bond donors (Lipinski definition) is 1. The van der Waals surface area contributed by atoms with Crippen molar-refractivity contribution < 1.29 is 4.79 Å². The SMILES string of the molecule is CCCCC/C=C/[C@@H](/C=C/c1ccccc1)NC(C)=O. The van der Waals surface area contributed by atoms with E-state index in [1.54, 1.807) is 6.92 Å². The van der Waals surface area contributed by atoms with E-state index in [-0.39, 0.29) is 11.9 Å². The van der Waals surface area contributed by atoms with Crippen molar-refractivity contribution in [1.82, 2.24) is 5.32 Å². The number of hydrogen-bond acceptors (Lipinski definition) is 1. The molecular formula is C18H25NO. The lowest BCUT2D eigenvalue weighted by atomic mass is 10.1. The van der Waals surface area contributed by atoms with Gasteiger partial charge in [-0.2, -0.15) is 0 Å². The summed E-state index contributed by atoms with van der Waals surface area (Å²) in [6.07, 6.45) is 13.1. The van der Waals surface area contributed by atoms with Gasteiger partial charge in [0.1, 0.15) is 0 Å². The number of carbonyl (C=O) groups excluding carboxylic acids is 1. The standard InChI is InChI=1S/C18H25NO/c1-3-4-5-6-10-13-18(19-16(2)20)15-14-17-11-8-7-9-12-17/h7-15,18H,3-6H2,1-2H3,(H,19,20)/b13-10+,15-14+/t18-/m0/s1. The van der Waals surface area contributed by atoms with Crippen LogP contribution in [0.1, 0.15) is 45.1 Å². The maximum atomic E-state index is 11.2. The normalized spacial score (nSPS) is 12.9. The number of allylic oxidation sites excluding steroid dienone is 1. The van der Waals surface area contributed by atoms with Crippen molar-refractivity contribution >= 4 is 12.0 Å². The van der Waals surface area contributed by atoms with E-state index in [4.69, 9.17) is 0 Å². The highest BCUT2D eigenvalue weighted by Gasteiger charge is 2.00. The molecule has 0 bridgehead atoms. The van der Waals surface area contributed by atoms with Gasteiger partial charge in [0.15, 0.2) is 0 Å². The van der Waals surface area contributed by atoms with Crippen LogP contribution in [0, 0.1) is 0 Å². The predicted molar refractivity (Wildman–Crippen MR) is 86.4 cm³/mol. The largest absolute Gasteiger partial charge is 0.347 e. The molecule has 2 nitrogen and oxygen atoms in total. The molecule has 0 spiro atoms. The second kappa shape index (κ2) is 10.0. The Hall–Kier alpha value is -1.83. The summed E-state index contributed by atoms with van der Waals surface area (Å²) in [6, 6.07) is 10.1. The molecule has 108 valence electrons. The van der Waals surface area contributed by atoms with Gasteiger partial charge in [0, 0.05) is 6.92 Å². The number of nitrogens with one attached hydrogen (secondary N) is 1. The fourth-order valence-corrected chi connectivity index (χ4v) is 1.93. The molecule has 0 aliphatic heterocycles. The molecular weight excluding hydrogens is 246 g/mol. The molecule has 0 unspecified atom stereocenters. The van der Waals surface area contributed by atoms with Gasteiger partial charge in [-0.05, 0) is 18.4 Å². The van der Waals surface area contributed by atoms with Crippen LogP contribution in [-0.2, 0) is 4.79 Å². The van der Waals surface area contributed by atoms with Crippen LogP contribution in [0.4, 0.5) is 0 Å². The third kappa shape index (κ3) is 7.57. The summed E-state index contributed by atoms with van der Waals surface area (Å²) in [7, 11) is 0. The molecule has 0 aromatic heterocycles. The van der Waals surface area contributed by atoms with E-state index in [9.17, 15) is 4.79 Å². The summed E-state index contributed by atoms with van der Waals surface area (Å²) in [5.41, 5.74) is 1.14. The Morgan fingerprint density at radius 3 is 2.60 bits per heavy atom. The molecule has 0 aliphatic carbocycles. The van der Waals surface area contributed by atoms with Gasteiger partial charge in [-0.15, -0.1) is 0 Å². The molecule has 1 aromatic carbocycles. The Kier molecular flexibility index (Phi) is 8.13. The Morgan fingerprint density at radius 1 is 1.20 bits per heavy atom. The summed E-state index contributed by atoms with van der Waals surface area (Å²) < 4.78 is 0. The highest BCUT2D eigenvalue weighted by molar-refractivity contribution is 5.74. The summed E-state index contributed by atoms with van der Waals surface area (Å²) in [5.74, 6) is -0.00841. The molecule has 1 atom stereocenters. The topological polar surface area (TPSA) is 29.1 Å². The van der Waals surface area contributed by atoms with Crippen LogP contribution in [0.3, 0.4) is 0 Å². The lowest BCUT2D eigenvalue weighted by Crippen LogP contribution is -2.29. The average molecular weight is 271 g/mol. The first-order valence-corrected chi connectivity index (χ1v) is 7.39. The molecule has 20 heavy (non-hydrogen) atoms. The number of unbranched alkanes of at least 4 members (excludes halogenated alkanes) is 3. The Labute approximate surface area is 122 Å². The zero-order chi connectivity index (χ0) is 14.6. The van der Waals surface area contributed by atoms with Crippen molar-refractivity contribution in [2.24, 2.45) is 0 Å². The highest BCUT2D eigenvalue weighted by Crippen LogP contribution is 2.04. The van der Waals surface area contributed by atoms with Gasteiger partial charge in [-0.3, -0.25) is 4.79 Å². The fourth-order valence-electron chi connectivity index (χ4n) is 1.93. The minimum atomic E-state index is -0.0330. The molecule has 0 radical (unpaired) electrons. The predicted octanol–water partition coefficient (Wildman–Crippen LogP) is 4.34. The lowest BCUT2D eigenvalue weighted by Gasteiger charge is -2.09. The maximum Gasteiger partial charge on any atom is 0.217 e. The summed E-state index contributed by atoms with van der Waals surface area (Å²) in [5, 5.41) is 2.93. The fraction of sp³-hybridized carbons (Fsp3) is 0.389. The minimum absolute atomic E-state index is 0.00841. The highest BCUT2D eigenvalue weighted by atomic mass is 16.1. The second-order valence-corrected chi connectivity index (χ2v) is 4.92. The van der Waals surface area contributed by atoms with Crippen molar-refractivity contribution in [3.63, 3.8) is 0 Å². The van der Waals surface area contributed by atoms with E-state index in [2.05, 4.69) is 24.4 Å². The summed E-state index contributed by atoms with van der Waals surface area (Å²) in [6.45, 7) is 3.75. The Morgan fingerprint density at radius 2 is 1.95 bits per heavy atom. The lowest BCUT2D eigenvalue weighted by molar-refractivity contribution is -0.119. The molecule has 2 heteroatoms. The van der Waals surface area contributed by atoms with E-state index in [1.165, 1.54) is 19.3 Å². The van der Waals surface area contributed by atoms with E-state index in [0.717, 1.165) is 12.0 Å². The molecule has 1 aromatic rings. The van der Waals surface area contributed by atoms with Gasteiger partial charge in [0.25, 0.3) is 0 Å². The minimum Gasteiger partial charge on any atom is -0.347 e. The summed E-state index contributed by atoms with van der Waals surface area (Å²) >= 11 is 0. The van der Waals surface area contributed by atoms with Gasteiger partial charge in [-0.25, -0.2) is 0 Å². The molecule has 1 rings (SSSR count). The van der Waals surface area contributed by atoms with Crippen molar-refractivity contribution in [3.05, 3.63) is 54.1 Å². The van der Waals surface area contributed by atoms with Crippen LogP contribution in [-0.4, -0.2) is 11.9 Å². The van der Waals surface area contributed by atoms with Crippen LogP contribution >= 0.6 is 0 Å². The van der Waals surface area contributed by atoms with Crippen molar-refractivity contribution in [1.29, 1.82) is 0 Å². The molecule has 1 N–H and O–H groups in total. The Bertz CT molecular complexity index is 434. The summed E-state index contributed by atoms with van der Waals surface area (Å²) in [4.78, 5) is 11.2. The first kappa shape index (κ1) is 16.2. The van der Waals surface area contributed by atoms with Gasteiger partial charge >= 0.3 is 0 Å². The van der Waals surface area contributed by atoms with Crippen LogP contribution in [0.2, 0.25) is 0 Å². The first-order chi connectivity index (χ1) is 9.72. The average Bonchev–Trinajstić information content (AvgIpc) is 2.45. The molecule has 0 fully saturated rings. The third-order valence-electron chi connectivity index (χ3n) is 2.98. The number of carbonyl (C=O) groups is 1. The van der Waals surface area contributed by atoms with E-state index < -0.39 is 0 Å². The van der Waals surface area contributed by atoms with Gasteiger partial charge in [-0.1, -0.05) is 74.4 Å². The molecule has 1 amide bonds. The Balaban J connectivity index is 2.55. The number of benzene rings is 1. The smallest absolute Gasteiger partial charge is 0.217 e. The zero-order valence-electron chi connectivity index (χ0n) is 12.5. The van der Waals surface area contributed by atoms with Crippen LogP contribution in [0.25, 0.3) is 6.08 Å². The molecule has 0 aliphatic rings. The quantitative estimate of drug-likeness (QED) is 0.553. The van der Waals surface area contributed by atoms with E-state index in [0.29, 0.717) is 0 Å². The first-order valence-electron chi connectivity index (χ1n) is 7.39. The monoisotopic (exact) mass is 271 g/mol. The number of amides is 1. The van der Waals surface area contributed by atoms with Gasteiger partial charge < -0.3 is 5.32 Å². The molecule has 0 saturated carbocycles. The van der Waals surface area contributed by atoms with Crippen LogP contribution < -0.4 is 5.32 Å². The third-order valence-corrected chi connectivity index (χ3v) is 2.98. The van der Waals surface area contributed by atoms with E-state index in [1.807, 2.05) is 42.5 Å². The second-order valence-electron chi connectivity index (χ2n) is 4.92. The van der Waals surface area contributed by atoms with Crippen molar-refractivity contribution in [2.45, 2.75) is 45.6 Å².